The van der Waals surface area contributed by atoms with Gasteiger partial charge in [-0.2, -0.15) is 0 Å². The fraction of sp³-hybridized carbons (Fsp3) is 0.500. The van der Waals surface area contributed by atoms with Crippen molar-refractivity contribution in [1.29, 1.82) is 0 Å². The number of aliphatic carboxylic acids is 1. The van der Waals surface area contributed by atoms with Crippen molar-refractivity contribution in [3.8, 4) is 0 Å². The van der Waals surface area contributed by atoms with Gasteiger partial charge in [0.25, 0.3) is 5.91 Å². The zero-order valence-corrected chi connectivity index (χ0v) is 11.5. The maximum Gasteiger partial charge on any atom is 0.313 e. The van der Waals surface area contributed by atoms with Crippen molar-refractivity contribution >= 4 is 35.5 Å². The number of amides is 2. The second kappa shape index (κ2) is 5.49. The molecule has 0 aromatic carbocycles. The van der Waals surface area contributed by atoms with Crippen molar-refractivity contribution < 1.29 is 19.5 Å². The molecule has 0 saturated carbocycles. The molecule has 10 heteroatoms. The summed E-state index contributed by atoms with van der Waals surface area (Å²) in [5.74, 6) is -1.85. The Kier molecular flexibility index (Phi) is 3.93. The molecular formula is C10H13N5O4S. The second-order valence-electron chi connectivity index (χ2n) is 4.24. The molecule has 108 valence electrons. The van der Waals surface area contributed by atoms with Gasteiger partial charge in [0.15, 0.2) is 5.16 Å². The number of carbonyl (C=O) groups is 3. The summed E-state index contributed by atoms with van der Waals surface area (Å²) >= 11 is 0.928. The molecule has 9 nitrogen and oxygen atoms in total. The summed E-state index contributed by atoms with van der Waals surface area (Å²) in [6, 6.07) is -0.677. The first-order valence-electron chi connectivity index (χ1n) is 5.77. The van der Waals surface area contributed by atoms with E-state index in [1.165, 1.54) is 11.6 Å². The molecule has 1 unspecified atom stereocenters. The van der Waals surface area contributed by atoms with Gasteiger partial charge in [0.1, 0.15) is 6.04 Å². The molecular weight excluding hydrogens is 286 g/mol. The number of thioether (sulfide) groups is 1. The lowest BCUT2D eigenvalue weighted by atomic mass is 10.0. The lowest BCUT2D eigenvalue weighted by Crippen LogP contribution is -2.43. The normalized spacial score (nSPS) is 19.4. The first-order chi connectivity index (χ1) is 9.41. The number of hydrogen-bond acceptors (Lipinski definition) is 7. The smallest absolute Gasteiger partial charge is 0.313 e. The molecule has 2 rings (SSSR count). The van der Waals surface area contributed by atoms with Crippen LogP contribution in [-0.4, -0.2) is 55.4 Å². The second-order valence-corrected chi connectivity index (χ2v) is 5.18. The Morgan fingerprint density at radius 2 is 2.20 bits per heavy atom. The number of piperidine rings is 1. The molecule has 0 bridgehead atoms. The van der Waals surface area contributed by atoms with Crippen molar-refractivity contribution in [2.24, 2.45) is 0 Å². The van der Waals surface area contributed by atoms with E-state index in [9.17, 15) is 14.4 Å². The van der Waals surface area contributed by atoms with Crippen molar-refractivity contribution in [2.45, 2.75) is 24.0 Å². The summed E-state index contributed by atoms with van der Waals surface area (Å²) in [4.78, 5) is 35.2. The fourth-order valence-corrected chi connectivity index (χ4v) is 2.65. The largest absolute Gasteiger partial charge is 0.481 e. The van der Waals surface area contributed by atoms with Gasteiger partial charge in [-0.25, -0.2) is 0 Å². The average molecular weight is 299 g/mol. The maximum absolute atomic E-state index is 12.1. The van der Waals surface area contributed by atoms with E-state index in [-0.39, 0.29) is 29.2 Å². The van der Waals surface area contributed by atoms with Crippen LogP contribution in [0.25, 0.3) is 0 Å². The summed E-state index contributed by atoms with van der Waals surface area (Å²) in [6.45, 7) is 0. The molecule has 20 heavy (non-hydrogen) atoms. The lowest BCUT2D eigenvalue weighted by molar-refractivity contribution is -0.149. The first kappa shape index (κ1) is 14.3. The average Bonchev–Trinajstić information content (AvgIpc) is 2.75. The molecule has 1 aromatic rings. The van der Waals surface area contributed by atoms with Gasteiger partial charge in [0.05, 0.1) is 5.75 Å². The van der Waals surface area contributed by atoms with Crippen LogP contribution < -0.4 is 5.73 Å². The molecule has 1 atom stereocenters. The summed E-state index contributed by atoms with van der Waals surface area (Å²) in [7, 11) is 1.40. The molecule has 3 N–H and O–H groups in total. The van der Waals surface area contributed by atoms with Crippen LogP contribution in [0.1, 0.15) is 18.9 Å². The molecule has 1 aromatic heterocycles. The number of imide groups is 1. The van der Waals surface area contributed by atoms with Gasteiger partial charge >= 0.3 is 5.97 Å². The SMILES string of the molecule is CN1C(=O)CCC(n2c(N)nnc2SCC(=O)O)C1=O. The van der Waals surface area contributed by atoms with Gasteiger partial charge in [0, 0.05) is 13.5 Å². The molecule has 0 spiro atoms. The number of nitrogen functional groups attached to an aromatic ring is 1. The zero-order chi connectivity index (χ0) is 14.9. The van der Waals surface area contributed by atoms with Crippen molar-refractivity contribution in [1.82, 2.24) is 19.7 Å². The van der Waals surface area contributed by atoms with Crippen LogP contribution in [0.4, 0.5) is 5.95 Å². The van der Waals surface area contributed by atoms with E-state index in [0.717, 1.165) is 16.7 Å². The van der Waals surface area contributed by atoms with Crippen LogP contribution in [0, 0.1) is 0 Å². The molecule has 1 saturated heterocycles. The molecule has 0 aliphatic carbocycles. The number of rotatable bonds is 4. The van der Waals surface area contributed by atoms with Gasteiger partial charge in [-0.3, -0.25) is 23.9 Å². The minimum absolute atomic E-state index is 0.0268. The third-order valence-electron chi connectivity index (χ3n) is 2.95. The Balaban J connectivity index is 2.27. The standard InChI is InChI=1S/C10H13N5O4S/c1-14-6(16)3-2-5(8(14)19)15-9(11)12-13-10(15)20-4-7(17)18/h5H,2-4H2,1H3,(H2,11,12)(H,17,18). The monoisotopic (exact) mass is 299 g/mol. The van der Waals surface area contributed by atoms with Gasteiger partial charge in [0.2, 0.25) is 11.9 Å². The van der Waals surface area contributed by atoms with E-state index < -0.39 is 17.9 Å². The molecule has 2 heterocycles. The highest BCUT2D eigenvalue weighted by molar-refractivity contribution is 7.99. The molecule has 0 radical (unpaired) electrons. The van der Waals surface area contributed by atoms with E-state index >= 15 is 0 Å². The number of anilines is 1. The highest BCUT2D eigenvalue weighted by Gasteiger charge is 2.35. The maximum atomic E-state index is 12.1. The van der Waals surface area contributed by atoms with Gasteiger partial charge in [-0.15, -0.1) is 10.2 Å². The molecule has 2 amide bonds. The lowest BCUT2D eigenvalue weighted by Gasteiger charge is -2.29. The number of carbonyl (C=O) groups excluding carboxylic acids is 2. The van der Waals surface area contributed by atoms with Crippen molar-refractivity contribution in [3.63, 3.8) is 0 Å². The third kappa shape index (κ3) is 2.59. The number of nitrogens with zero attached hydrogens (tertiary/aromatic N) is 4. The summed E-state index contributed by atoms with van der Waals surface area (Å²) in [6.07, 6.45) is 0.512. The van der Waals surface area contributed by atoms with Crippen LogP contribution in [-0.2, 0) is 14.4 Å². The highest BCUT2D eigenvalue weighted by atomic mass is 32.2. The Bertz CT molecular complexity index is 572. The van der Waals surface area contributed by atoms with Crippen LogP contribution in [0.3, 0.4) is 0 Å². The molecule has 1 fully saturated rings. The van der Waals surface area contributed by atoms with E-state index in [4.69, 9.17) is 10.8 Å². The Morgan fingerprint density at radius 3 is 2.85 bits per heavy atom. The number of likely N-dealkylation sites (tertiary alicyclic amines) is 1. The predicted molar refractivity (Wildman–Crippen MR) is 68.8 cm³/mol. The fourth-order valence-electron chi connectivity index (χ4n) is 1.94. The summed E-state index contributed by atoms with van der Waals surface area (Å²) in [5, 5.41) is 16.4. The molecule has 1 aliphatic rings. The number of likely N-dealkylation sites (N-methyl/N-ethyl adjacent to an activating group) is 1. The zero-order valence-electron chi connectivity index (χ0n) is 10.6. The van der Waals surface area contributed by atoms with Gasteiger partial charge in [-0.1, -0.05) is 11.8 Å². The van der Waals surface area contributed by atoms with Crippen LogP contribution >= 0.6 is 11.8 Å². The predicted octanol–water partition coefficient (Wildman–Crippen LogP) is -0.643. The third-order valence-corrected chi connectivity index (χ3v) is 3.88. The van der Waals surface area contributed by atoms with Crippen LogP contribution in [0.5, 0.6) is 0 Å². The summed E-state index contributed by atoms with van der Waals surface area (Å²) in [5.41, 5.74) is 5.69. The Morgan fingerprint density at radius 1 is 1.50 bits per heavy atom. The first-order valence-corrected chi connectivity index (χ1v) is 6.75. The minimum atomic E-state index is -1.01. The number of carboxylic acids is 1. The topological polar surface area (TPSA) is 131 Å². The van der Waals surface area contributed by atoms with Gasteiger partial charge < -0.3 is 10.8 Å². The number of nitrogens with two attached hydrogens (primary N) is 1. The Labute approximate surface area is 118 Å². The van der Waals surface area contributed by atoms with E-state index in [0.29, 0.717) is 6.42 Å². The number of aromatic nitrogens is 3. The Hall–Kier alpha value is -2.10. The van der Waals surface area contributed by atoms with Gasteiger partial charge in [-0.05, 0) is 6.42 Å². The van der Waals surface area contributed by atoms with Crippen LogP contribution in [0.2, 0.25) is 0 Å². The number of hydrogen-bond donors (Lipinski definition) is 2. The minimum Gasteiger partial charge on any atom is -0.481 e. The molecule has 1 aliphatic heterocycles. The quantitative estimate of drug-likeness (QED) is 0.554. The van der Waals surface area contributed by atoms with Crippen molar-refractivity contribution in [2.75, 3.05) is 18.5 Å². The van der Waals surface area contributed by atoms with Crippen LogP contribution in [0.15, 0.2) is 5.16 Å². The highest BCUT2D eigenvalue weighted by Crippen LogP contribution is 2.29. The summed E-state index contributed by atoms with van der Waals surface area (Å²) < 4.78 is 1.39. The van der Waals surface area contributed by atoms with E-state index in [2.05, 4.69) is 10.2 Å². The number of carboxylic acid groups (broad SMARTS) is 1. The van der Waals surface area contributed by atoms with E-state index in [1.54, 1.807) is 0 Å². The van der Waals surface area contributed by atoms with Crippen molar-refractivity contribution in [3.05, 3.63) is 0 Å². The van der Waals surface area contributed by atoms with E-state index in [1.807, 2.05) is 0 Å².